The molecule has 1 aromatic heterocycles. The molecule has 1 fully saturated rings. The first-order valence-electron chi connectivity index (χ1n) is 7.97. The second-order valence-electron chi connectivity index (χ2n) is 6.11. The highest BCUT2D eigenvalue weighted by molar-refractivity contribution is 7.14. The Labute approximate surface area is 152 Å². The third-order valence-electron chi connectivity index (χ3n) is 4.33. The number of ketones is 1. The summed E-state index contributed by atoms with van der Waals surface area (Å²) in [5.74, 6) is -2.73. The molecule has 3 rings (SSSR count). The van der Waals surface area contributed by atoms with Crippen LogP contribution in [0.3, 0.4) is 0 Å². The molecular weight excluding hydrogens is 362 g/mol. The highest BCUT2D eigenvalue weighted by atomic mass is 32.1. The predicted octanol–water partition coefficient (Wildman–Crippen LogP) is 3.24. The summed E-state index contributed by atoms with van der Waals surface area (Å²) in [5.41, 5.74) is -2.05. The maximum absolute atomic E-state index is 14.1. The van der Waals surface area contributed by atoms with Crippen molar-refractivity contribution in [2.24, 2.45) is 0 Å². The van der Waals surface area contributed by atoms with Crippen molar-refractivity contribution in [1.29, 1.82) is 0 Å². The van der Waals surface area contributed by atoms with Gasteiger partial charge in [-0.05, 0) is 43.7 Å². The van der Waals surface area contributed by atoms with Gasteiger partial charge in [0.15, 0.2) is 5.78 Å². The number of thiophene rings is 1. The van der Waals surface area contributed by atoms with Gasteiger partial charge in [-0.2, -0.15) is 0 Å². The Morgan fingerprint density at radius 1 is 1.23 bits per heavy atom. The van der Waals surface area contributed by atoms with E-state index in [1.54, 1.807) is 6.07 Å². The normalized spacial score (nSPS) is 19.8. The van der Waals surface area contributed by atoms with E-state index in [1.807, 2.05) is 13.0 Å². The Morgan fingerprint density at radius 2 is 1.96 bits per heavy atom. The molecule has 0 unspecified atom stereocenters. The van der Waals surface area contributed by atoms with Gasteiger partial charge in [0.05, 0.1) is 11.4 Å². The van der Waals surface area contributed by atoms with Gasteiger partial charge in [0, 0.05) is 10.4 Å². The molecule has 26 heavy (non-hydrogen) atoms. The standard InChI is InChI=1S/C18H16F2N2O3S/c1-3-11-5-7-15(26-11)14(23)9-22-16(24)18(2,21-17(22)25)12-8-10(19)4-6-13(12)20/h4-8H,3,9H2,1-2H3,(H,21,25)/t18-/m0/s1. The quantitative estimate of drug-likeness (QED) is 0.642. The second-order valence-corrected chi connectivity index (χ2v) is 7.28. The number of aryl methyl sites for hydroxylation is 1. The van der Waals surface area contributed by atoms with Crippen LogP contribution < -0.4 is 5.32 Å². The van der Waals surface area contributed by atoms with Gasteiger partial charge in [0.1, 0.15) is 17.2 Å². The maximum Gasteiger partial charge on any atom is 0.325 e. The van der Waals surface area contributed by atoms with Crippen molar-refractivity contribution in [2.75, 3.05) is 6.54 Å². The lowest BCUT2D eigenvalue weighted by atomic mass is 9.91. The predicted molar refractivity (Wildman–Crippen MR) is 92.0 cm³/mol. The lowest BCUT2D eigenvalue weighted by molar-refractivity contribution is -0.130. The number of nitrogens with one attached hydrogen (secondary N) is 1. The number of rotatable bonds is 5. The summed E-state index contributed by atoms with van der Waals surface area (Å²) >= 11 is 1.30. The molecule has 8 heteroatoms. The van der Waals surface area contributed by atoms with E-state index in [1.165, 1.54) is 18.3 Å². The molecule has 1 aromatic carbocycles. The Balaban J connectivity index is 1.86. The zero-order valence-corrected chi connectivity index (χ0v) is 15.0. The first-order valence-corrected chi connectivity index (χ1v) is 8.79. The number of halogens is 2. The molecule has 0 radical (unpaired) electrons. The Hall–Kier alpha value is -2.61. The van der Waals surface area contributed by atoms with Crippen molar-refractivity contribution < 1.29 is 23.2 Å². The number of imide groups is 1. The summed E-state index contributed by atoms with van der Waals surface area (Å²) in [5, 5.41) is 2.37. The third-order valence-corrected chi connectivity index (χ3v) is 5.60. The minimum atomic E-state index is -1.77. The average Bonchev–Trinajstić information content (AvgIpc) is 3.16. The lowest BCUT2D eigenvalue weighted by Crippen LogP contribution is -2.42. The molecule has 0 aliphatic carbocycles. The molecule has 2 aromatic rings. The molecule has 3 amide bonds. The van der Waals surface area contributed by atoms with Crippen molar-refractivity contribution in [3.05, 3.63) is 57.3 Å². The van der Waals surface area contributed by atoms with Gasteiger partial charge in [-0.3, -0.25) is 14.5 Å². The van der Waals surface area contributed by atoms with E-state index < -0.39 is 35.7 Å². The summed E-state index contributed by atoms with van der Waals surface area (Å²) in [6.07, 6.45) is 0.776. The van der Waals surface area contributed by atoms with Crippen LogP contribution in [0.25, 0.3) is 0 Å². The first-order chi connectivity index (χ1) is 12.3. The molecular formula is C18H16F2N2O3S. The molecule has 2 heterocycles. The number of nitrogens with zero attached hydrogens (tertiary/aromatic N) is 1. The lowest BCUT2D eigenvalue weighted by Gasteiger charge is -2.22. The number of Topliss-reactive ketones (excluding diaryl/α,β-unsaturated/α-hetero) is 1. The van der Waals surface area contributed by atoms with Gasteiger partial charge in [-0.25, -0.2) is 13.6 Å². The fourth-order valence-electron chi connectivity index (χ4n) is 2.84. The van der Waals surface area contributed by atoms with Crippen LogP contribution in [0.2, 0.25) is 0 Å². The highest BCUT2D eigenvalue weighted by Gasteiger charge is 2.50. The molecule has 5 nitrogen and oxygen atoms in total. The largest absolute Gasteiger partial charge is 0.325 e. The molecule has 0 spiro atoms. The van der Waals surface area contributed by atoms with E-state index in [9.17, 15) is 23.2 Å². The van der Waals surface area contributed by atoms with Crippen LogP contribution in [0.15, 0.2) is 30.3 Å². The van der Waals surface area contributed by atoms with E-state index in [0.717, 1.165) is 34.4 Å². The fraction of sp³-hybridized carbons (Fsp3) is 0.278. The number of carbonyl (C=O) groups excluding carboxylic acids is 3. The van der Waals surface area contributed by atoms with Crippen molar-refractivity contribution in [3.8, 4) is 0 Å². The molecule has 1 aliphatic rings. The Kier molecular flexibility index (Phi) is 4.62. The molecule has 1 aliphatic heterocycles. The van der Waals surface area contributed by atoms with E-state index in [0.29, 0.717) is 4.88 Å². The van der Waals surface area contributed by atoms with Crippen LogP contribution in [-0.4, -0.2) is 29.2 Å². The molecule has 0 bridgehead atoms. The number of amides is 3. The molecule has 0 saturated carbocycles. The zero-order chi connectivity index (χ0) is 19.1. The third kappa shape index (κ3) is 3.01. The van der Waals surface area contributed by atoms with Crippen LogP contribution >= 0.6 is 11.3 Å². The van der Waals surface area contributed by atoms with Gasteiger partial charge in [-0.15, -0.1) is 11.3 Å². The molecule has 1 atom stereocenters. The van der Waals surface area contributed by atoms with Gasteiger partial charge >= 0.3 is 6.03 Å². The van der Waals surface area contributed by atoms with Crippen molar-refractivity contribution in [3.63, 3.8) is 0 Å². The van der Waals surface area contributed by atoms with Gasteiger partial charge in [0.2, 0.25) is 0 Å². The van der Waals surface area contributed by atoms with Crippen LogP contribution in [0.1, 0.15) is 34.0 Å². The van der Waals surface area contributed by atoms with Gasteiger partial charge in [0.25, 0.3) is 5.91 Å². The molecule has 1 saturated heterocycles. The average molecular weight is 378 g/mol. The summed E-state index contributed by atoms with van der Waals surface area (Å²) in [6.45, 7) is 2.78. The number of hydrogen-bond donors (Lipinski definition) is 1. The topological polar surface area (TPSA) is 66.5 Å². The van der Waals surface area contributed by atoms with Crippen molar-refractivity contribution >= 4 is 29.1 Å². The van der Waals surface area contributed by atoms with Gasteiger partial charge < -0.3 is 5.32 Å². The van der Waals surface area contributed by atoms with Gasteiger partial charge in [-0.1, -0.05) is 6.92 Å². The van der Waals surface area contributed by atoms with E-state index in [2.05, 4.69) is 5.32 Å². The van der Waals surface area contributed by atoms with Crippen LogP contribution in [0.5, 0.6) is 0 Å². The summed E-state index contributed by atoms with van der Waals surface area (Å²) in [7, 11) is 0. The zero-order valence-electron chi connectivity index (χ0n) is 14.1. The minimum Gasteiger partial charge on any atom is -0.319 e. The van der Waals surface area contributed by atoms with Crippen LogP contribution in [-0.2, 0) is 16.8 Å². The highest BCUT2D eigenvalue weighted by Crippen LogP contribution is 2.31. The van der Waals surface area contributed by atoms with E-state index >= 15 is 0 Å². The van der Waals surface area contributed by atoms with Crippen LogP contribution in [0, 0.1) is 11.6 Å². The Bertz CT molecular complexity index is 912. The first kappa shape index (κ1) is 18.2. The van der Waals surface area contributed by atoms with Crippen molar-refractivity contribution in [2.45, 2.75) is 25.8 Å². The SMILES string of the molecule is CCc1ccc(C(=O)CN2C(=O)N[C@@](C)(c3cc(F)ccc3F)C2=O)s1. The number of hydrogen-bond acceptors (Lipinski definition) is 4. The fourth-order valence-corrected chi connectivity index (χ4v) is 3.72. The Morgan fingerprint density at radius 3 is 2.62 bits per heavy atom. The second kappa shape index (κ2) is 6.60. The van der Waals surface area contributed by atoms with Crippen molar-refractivity contribution in [1.82, 2.24) is 10.2 Å². The van der Waals surface area contributed by atoms with Crippen LogP contribution in [0.4, 0.5) is 13.6 Å². The summed E-state index contributed by atoms with van der Waals surface area (Å²) in [6, 6.07) is 5.33. The monoisotopic (exact) mass is 378 g/mol. The molecule has 136 valence electrons. The smallest absolute Gasteiger partial charge is 0.319 e. The number of benzene rings is 1. The number of carbonyl (C=O) groups is 3. The number of urea groups is 1. The van der Waals surface area contributed by atoms with E-state index in [-0.39, 0.29) is 11.3 Å². The maximum atomic E-state index is 14.1. The van der Waals surface area contributed by atoms with E-state index in [4.69, 9.17) is 0 Å². The summed E-state index contributed by atoms with van der Waals surface area (Å²) < 4.78 is 27.6. The molecule has 1 N–H and O–H groups in total. The minimum absolute atomic E-state index is 0.282. The summed E-state index contributed by atoms with van der Waals surface area (Å²) in [4.78, 5) is 39.5.